The predicted molar refractivity (Wildman–Crippen MR) is 156 cm³/mol. The Hall–Kier alpha value is -4.43. The number of amides is 1. The van der Waals surface area contributed by atoms with Gasteiger partial charge in [-0.3, -0.25) is 19.8 Å². The van der Waals surface area contributed by atoms with Crippen LogP contribution in [0.5, 0.6) is 11.5 Å². The van der Waals surface area contributed by atoms with Gasteiger partial charge in [0.05, 0.1) is 12.5 Å². The van der Waals surface area contributed by atoms with E-state index in [1.54, 1.807) is 0 Å². The molecule has 2 saturated heterocycles. The van der Waals surface area contributed by atoms with E-state index in [1.807, 2.05) is 61.5 Å². The summed E-state index contributed by atoms with van der Waals surface area (Å²) in [5.74, 6) is 0.337. The number of benzene rings is 4. The molecule has 4 atom stereocenters. The van der Waals surface area contributed by atoms with Gasteiger partial charge in [-0.15, -0.1) is 0 Å². The molecule has 1 amide bonds. The Bertz CT molecular complexity index is 1670. The van der Waals surface area contributed by atoms with Crippen LogP contribution in [0, 0.1) is 10.1 Å². The topological polar surface area (TPSA) is 93.9 Å². The Morgan fingerprint density at radius 1 is 0.976 bits per heavy atom. The predicted octanol–water partition coefficient (Wildman–Crippen LogP) is 5.87. The molecule has 8 nitrogen and oxygen atoms in total. The van der Waals surface area contributed by atoms with Crippen LogP contribution in [0.2, 0.25) is 0 Å². The van der Waals surface area contributed by atoms with E-state index >= 15 is 0 Å². The Morgan fingerprint density at radius 2 is 1.78 bits per heavy atom. The summed E-state index contributed by atoms with van der Waals surface area (Å²) in [7, 11) is 0. The van der Waals surface area contributed by atoms with Crippen molar-refractivity contribution in [3.8, 4) is 11.5 Å². The minimum Gasteiger partial charge on any atom is -0.490 e. The molecule has 3 heterocycles. The van der Waals surface area contributed by atoms with Gasteiger partial charge in [0.25, 0.3) is 11.9 Å². The zero-order chi connectivity index (χ0) is 28.1. The van der Waals surface area contributed by atoms with Crippen molar-refractivity contribution in [2.24, 2.45) is 0 Å². The molecule has 0 aromatic heterocycles. The molecule has 2 fully saturated rings. The molecule has 8 heteroatoms. The van der Waals surface area contributed by atoms with E-state index in [0.29, 0.717) is 42.5 Å². The lowest BCUT2D eigenvalue weighted by Crippen LogP contribution is -2.55. The minimum atomic E-state index is -1.34. The van der Waals surface area contributed by atoms with Crippen LogP contribution >= 0.6 is 0 Å². The number of anilines is 1. The average Bonchev–Trinajstić information content (AvgIpc) is 3.65. The highest BCUT2D eigenvalue weighted by Crippen LogP contribution is 2.58. The quantitative estimate of drug-likeness (QED) is 0.229. The molecular formula is C33H31N3O5. The molecule has 1 N–H and O–H groups in total. The molecule has 3 aliphatic rings. The third kappa shape index (κ3) is 3.89. The van der Waals surface area contributed by atoms with Crippen molar-refractivity contribution in [3.63, 3.8) is 0 Å². The van der Waals surface area contributed by atoms with E-state index in [-0.39, 0.29) is 16.9 Å². The number of nitro groups is 1. The third-order valence-corrected chi connectivity index (χ3v) is 8.95. The van der Waals surface area contributed by atoms with Gasteiger partial charge in [-0.1, -0.05) is 60.7 Å². The second kappa shape index (κ2) is 9.89. The number of carbonyl (C=O) groups is 1. The second-order valence-electron chi connectivity index (χ2n) is 11.0. The van der Waals surface area contributed by atoms with Gasteiger partial charge >= 0.3 is 0 Å². The molecule has 0 saturated carbocycles. The highest BCUT2D eigenvalue weighted by atomic mass is 16.6. The molecule has 0 unspecified atom stereocenters. The molecule has 41 heavy (non-hydrogen) atoms. The first-order valence-electron chi connectivity index (χ1n) is 14.2. The van der Waals surface area contributed by atoms with Crippen molar-refractivity contribution < 1.29 is 19.2 Å². The summed E-state index contributed by atoms with van der Waals surface area (Å²) in [6, 6.07) is 26.2. The third-order valence-electron chi connectivity index (χ3n) is 8.95. The summed E-state index contributed by atoms with van der Waals surface area (Å²) < 4.78 is 12.2. The van der Waals surface area contributed by atoms with E-state index in [4.69, 9.17) is 9.47 Å². The fraction of sp³-hybridized carbons (Fsp3) is 0.303. The largest absolute Gasteiger partial charge is 0.490 e. The Balaban J connectivity index is 1.25. The number of nitrogens with one attached hydrogen (secondary N) is 1. The van der Waals surface area contributed by atoms with Crippen LogP contribution in [0.4, 0.5) is 5.69 Å². The lowest BCUT2D eigenvalue weighted by Gasteiger charge is -2.32. The fourth-order valence-corrected chi connectivity index (χ4v) is 7.38. The Morgan fingerprint density at radius 3 is 2.61 bits per heavy atom. The van der Waals surface area contributed by atoms with Crippen LogP contribution in [0.1, 0.15) is 42.4 Å². The molecule has 4 aromatic rings. The first-order valence-corrected chi connectivity index (χ1v) is 14.2. The molecule has 1 spiro atoms. The van der Waals surface area contributed by atoms with Crippen LogP contribution in [0.3, 0.4) is 0 Å². The van der Waals surface area contributed by atoms with E-state index in [0.717, 1.165) is 29.4 Å². The standard InChI is InChI=1S/C33H31N3O5/c1-2-40-29-19-24(15-16-28(29)41-20-21-13-14-22-8-3-4-9-23(22)18-21)30-27-12-7-17-35(27)33(31(30)36(38)39)25-10-5-6-11-26(25)34-32(33)37/h3-6,8-11,13-16,18-19,27,30-31H,2,7,12,17,20H2,1H3,(H,34,37)/t27-,30+,31-,33+/m0/s1. The van der Waals surface area contributed by atoms with Crippen LogP contribution in [0.15, 0.2) is 84.9 Å². The number of rotatable bonds is 7. The summed E-state index contributed by atoms with van der Waals surface area (Å²) in [5.41, 5.74) is 1.83. The van der Waals surface area contributed by atoms with Gasteiger partial charge in [0.15, 0.2) is 17.0 Å². The van der Waals surface area contributed by atoms with E-state index < -0.39 is 17.5 Å². The SMILES string of the molecule is CCOc1cc([C@H]2[C@H]([N+](=O)[O-])[C@]3(C(=O)Nc4ccccc43)N3CCC[C@@H]23)ccc1OCc1ccc2ccccc2c1. The van der Waals surface area contributed by atoms with Gasteiger partial charge in [0.2, 0.25) is 0 Å². The van der Waals surface area contributed by atoms with E-state index in [1.165, 1.54) is 5.39 Å². The maximum atomic E-state index is 13.7. The second-order valence-corrected chi connectivity index (χ2v) is 11.0. The monoisotopic (exact) mass is 549 g/mol. The van der Waals surface area contributed by atoms with Gasteiger partial charge in [0, 0.05) is 28.8 Å². The number of ether oxygens (including phenoxy) is 2. The molecular weight excluding hydrogens is 518 g/mol. The molecule has 0 aliphatic carbocycles. The van der Waals surface area contributed by atoms with E-state index in [2.05, 4.69) is 40.5 Å². The van der Waals surface area contributed by atoms with Gasteiger partial charge in [-0.05, 0) is 65.9 Å². The van der Waals surface area contributed by atoms with Crippen molar-refractivity contribution in [2.75, 3.05) is 18.5 Å². The number of fused-ring (bicyclic) bond motifs is 5. The molecule has 0 radical (unpaired) electrons. The lowest BCUT2D eigenvalue weighted by molar-refractivity contribution is -0.534. The summed E-state index contributed by atoms with van der Waals surface area (Å²) in [5, 5.41) is 18.2. The molecule has 3 aliphatic heterocycles. The van der Waals surface area contributed by atoms with Crippen LogP contribution in [-0.2, 0) is 16.9 Å². The molecule has 208 valence electrons. The zero-order valence-corrected chi connectivity index (χ0v) is 22.8. The molecule has 4 aromatic carbocycles. The smallest absolute Gasteiger partial charge is 0.256 e. The van der Waals surface area contributed by atoms with Crippen molar-refractivity contribution in [2.45, 2.75) is 49.9 Å². The zero-order valence-electron chi connectivity index (χ0n) is 22.8. The van der Waals surface area contributed by atoms with Crippen molar-refractivity contribution in [1.29, 1.82) is 0 Å². The molecule has 7 rings (SSSR count). The van der Waals surface area contributed by atoms with Crippen LogP contribution in [-0.4, -0.2) is 41.0 Å². The normalized spacial score (nSPS) is 24.8. The number of para-hydroxylation sites is 1. The number of nitrogens with zero attached hydrogens (tertiary/aromatic N) is 2. The Labute approximate surface area is 238 Å². The van der Waals surface area contributed by atoms with Crippen LogP contribution < -0.4 is 14.8 Å². The summed E-state index contributed by atoms with van der Waals surface area (Å²) in [6.07, 6.45) is 1.67. The minimum absolute atomic E-state index is 0.138. The molecule has 0 bridgehead atoms. The van der Waals surface area contributed by atoms with Crippen molar-refractivity contribution in [3.05, 3.63) is 112 Å². The number of carbonyl (C=O) groups excluding carboxylic acids is 1. The van der Waals surface area contributed by atoms with Gasteiger partial charge in [-0.25, -0.2) is 0 Å². The maximum absolute atomic E-state index is 13.7. The highest BCUT2D eigenvalue weighted by Gasteiger charge is 2.73. The highest BCUT2D eigenvalue weighted by molar-refractivity contribution is 6.07. The number of hydrogen-bond donors (Lipinski definition) is 1. The van der Waals surface area contributed by atoms with E-state index in [9.17, 15) is 14.9 Å². The van der Waals surface area contributed by atoms with Crippen molar-refractivity contribution >= 4 is 22.4 Å². The van der Waals surface area contributed by atoms with Crippen LogP contribution in [0.25, 0.3) is 10.8 Å². The first-order chi connectivity index (χ1) is 20.0. The van der Waals surface area contributed by atoms with Gasteiger partial charge in [-0.2, -0.15) is 0 Å². The number of hydrogen-bond acceptors (Lipinski definition) is 6. The van der Waals surface area contributed by atoms with Gasteiger partial charge in [0.1, 0.15) is 6.61 Å². The maximum Gasteiger partial charge on any atom is 0.256 e. The average molecular weight is 550 g/mol. The Kier molecular flexibility index (Phi) is 6.16. The first kappa shape index (κ1) is 25.5. The van der Waals surface area contributed by atoms with Crippen molar-refractivity contribution in [1.82, 2.24) is 4.90 Å². The van der Waals surface area contributed by atoms with Gasteiger partial charge < -0.3 is 14.8 Å². The fourth-order valence-electron chi connectivity index (χ4n) is 7.38. The summed E-state index contributed by atoms with van der Waals surface area (Å²) >= 11 is 0. The summed E-state index contributed by atoms with van der Waals surface area (Å²) in [6.45, 7) is 3.33. The lowest BCUT2D eigenvalue weighted by atomic mass is 9.77. The summed E-state index contributed by atoms with van der Waals surface area (Å²) in [4.78, 5) is 28.5.